The summed E-state index contributed by atoms with van der Waals surface area (Å²) in [5.41, 5.74) is 6.95. The summed E-state index contributed by atoms with van der Waals surface area (Å²) in [7, 11) is 1.69. The number of aliphatic imine (C=N–C) groups is 1. The van der Waals surface area contributed by atoms with Gasteiger partial charge in [-0.1, -0.05) is 72.8 Å². The van der Waals surface area contributed by atoms with E-state index in [1.807, 2.05) is 48.5 Å². The van der Waals surface area contributed by atoms with Crippen LogP contribution in [0.2, 0.25) is 0 Å². The van der Waals surface area contributed by atoms with Gasteiger partial charge >= 0.3 is 0 Å². The maximum atomic E-state index is 6.16. The molecule has 5 rings (SSSR count). The van der Waals surface area contributed by atoms with Crippen molar-refractivity contribution in [2.24, 2.45) is 4.99 Å². The Labute approximate surface area is 206 Å². The Morgan fingerprint density at radius 1 is 0.686 bits per heavy atom. The number of ether oxygens (including phenoxy) is 3. The van der Waals surface area contributed by atoms with Gasteiger partial charge in [0.25, 0.3) is 0 Å². The zero-order chi connectivity index (χ0) is 23.9. The highest BCUT2D eigenvalue weighted by atomic mass is 16.5. The molecule has 4 aromatic rings. The van der Waals surface area contributed by atoms with Gasteiger partial charge in [-0.15, -0.1) is 0 Å². The fourth-order valence-electron chi connectivity index (χ4n) is 4.27. The summed E-state index contributed by atoms with van der Waals surface area (Å²) >= 11 is 0. The lowest BCUT2D eigenvalue weighted by Crippen LogP contribution is -2.16. The smallest absolute Gasteiger partial charge is 0.162 e. The Bertz CT molecular complexity index is 1280. The van der Waals surface area contributed by atoms with E-state index < -0.39 is 0 Å². The molecular formula is C31H29NO3. The first kappa shape index (κ1) is 22.7. The highest BCUT2D eigenvalue weighted by molar-refractivity contribution is 6.04. The maximum absolute atomic E-state index is 6.16. The topological polar surface area (TPSA) is 40.0 Å². The molecule has 0 bridgehead atoms. The van der Waals surface area contributed by atoms with Crippen molar-refractivity contribution in [2.75, 3.05) is 13.7 Å². The van der Waals surface area contributed by atoms with Crippen molar-refractivity contribution in [3.05, 3.63) is 125 Å². The summed E-state index contributed by atoms with van der Waals surface area (Å²) in [6.45, 7) is 1.84. The van der Waals surface area contributed by atoms with Gasteiger partial charge in [0.2, 0.25) is 0 Å². The number of benzene rings is 4. The van der Waals surface area contributed by atoms with E-state index in [-0.39, 0.29) is 0 Å². The Morgan fingerprint density at radius 2 is 1.34 bits per heavy atom. The van der Waals surface area contributed by atoms with E-state index in [9.17, 15) is 0 Å². The van der Waals surface area contributed by atoms with E-state index >= 15 is 0 Å². The first-order chi connectivity index (χ1) is 17.3. The predicted octanol–water partition coefficient (Wildman–Crippen LogP) is 6.44. The molecule has 0 radical (unpaired) electrons. The standard InChI is InChI=1S/C31H29NO3/c1-33-30-19-26-16-17-32-29(28(26)20-31(30)35-22-25-10-6-3-7-11-25)18-23-12-14-27(15-13-23)34-21-24-8-4-2-5-9-24/h2-15,19-20H,16-18,21-22H2,1H3. The fourth-order valence-corrected chi connectivity index (χ4v) is 4.27. The van der Waals surface area contributed by atoms with Crippen LogP contribution in [0.3, 0.4) is 0 Å². The highest BCUT2D eigenvalue weighted by Gasteiger charge is 2.19. The van der Waals surface area contributed by atoms with Gasteiger partial charge in [0.1, 0.15) is 19.0 Å². The normalized spacial score (nSPS) is 12.4. The molecule has 176 valence electrons. The average molecular weight is 464 g/mol. The second-order valence-corrected chi connectivity index (χ2v) is 8.61. The van der Waals surface area contributed by atoms with Crippen LogP contribution in [0.4, 0.5) is 0 Å². The quantitative estimate of drug-likeness (QED) is 0.287. The number of methoxy groups -OCH3 is 1. The van der Waals surface area contributed by atoms with Crippen molar-refractivity contribution in [3.63, 3.8) is 0 Å². The van der Waals surface area contributed by atoms with Crippen LogP contribution in [0, 0.1) is 0 Å². The summed E-state index contributed by atoms with van der Waals surface area (Å²) in [5.74, 6) is 2.38. The third-order valence-corrected chi connectivity index (χ3v) is 6.16. The summed E-state index contributed by atoms with van der Waals surface area (Å²) in [5, 5.41) is 0. The van der Waals surface area contributed by atoms with Crippen molar-refractivity contribution in [2.45, 2.75) is 26.1 Å². The largest absolute Gasteiger partial charge is 0.493 e. The molecule has 4 aromatic carbocycles. The number of hydrogen-bond donors (Lipinski definition) is 0. The Balaban J connectivity index is 1.29. The number of rotatable bonds is 9. The van der Waals surface area contributed by atoms with Gasteiger partial charge < -0.3 is 14.2 Å². The molecule has 1 aliphatic heterocycles. The lowest BCUT2D eigenvalue weighted by molar-refractivity contribution is 0.284. The van der Waals surface area contributed by atoms with E-state index in [1.165, 1.54) is 11.1 Å². The van der Waals surface area contributed by atoms with Gasteiger partial charge in [-0.05, 0) is 52.9 Å². The minimum Gasteiger partial charge on any atom is -0.493 e. The molecule has 1 aliphatic rings. The van der Waals surface area contributed by atoms with Crippen molar-refractivity contribution in [1.29, 1.82) is 0 Å². The van der Waals surface area contributed by atoms with Gasteiger partial charge in [0.05, 0.1) is 7.11 Å². The van der Waals surface area contributed by atoms with E-state index in [4.69, 9.17) is 19.2 Å². The summed E-state index contributed by atoms with van der Waals surface area (Å²) in [6, 6.07) is 32.9. The van der Waals surface area contributed by atoms with E-state index in [1.54, 1.807) is 7.11 Å². The van der Waals surface area contributed by atoms with Crippen molar-refractivity contribution in [1.82, 2.24) is 0 Å². The fraction of sp³-hybridized carbons (Fsp3) is 0.194. The van der Waals surface area contributed by atoms with E-state index in [0.29, 0.717) is 13.2 Å². The molecule has 0 aromatic heterocycles. The molecule has 0 saturated carbocycles. The van der Waals surface area contributed by atoms with Gasteiger partial charge in [-0.2, -0.15) is 0 Å². The third-order valence-electron chi connectivity index (χ3n) is 6.16. The van der Waals surface area contributed by atoms with Crippen LogP contribution in [0.1, 0.15) is 27.8 Å². The van der Waals surface area contributed by atoms with E-state index in [2.05, 4.69) is 48.5 Å². The van der Waals surface area contributed by atoms with Gasteiger partial charge in [0, 0.05) is 24.2 Å². The molecule has 4 heteroatoms. The van der Waals surface area contributed by atoms with Crippen LogP contribution in [-0.2, 0) is 26.1 Å². The minimum atomic E-state index is 0.493. The van der Waals surface area contributed by atoms with Crippen LogP contribution in [0.25, 0.3) is 0 Å². The highest BCUT2D eigenvalue weighted by Crippen LogP contribution is 2.34. The molecule has 0 amide bonds. The van der Waals surface area contributed by atoms with Crippen molar-refractivity contribution < 1.29 is 14.2 Å². The number of fused-ring (bicyclic) bond motifs is 1. The SMILES string of the molecule is COc1cc2c(cc1OCc1ccccc1)C(Cc1ccc(OCc3ccccc3)cc1)=NCC2. The molecule has 4 nitrogen and oxygen atoms in total. The zero-order valence-electron chi connectivity index (χ0n) is 19.9. The first-order valence-electron chi connectivity index (χ1n) is 12.0. The van der Waals surface area contributed by atoms with Crippen LogP contribution >= 0.6 is 0 Å². The Kier molecular flexibility index (Phi) is 7.09. The lowest BCUT2D eigenvalue weighted by Gasteiger charge is -2.21. The molecule has 0 spiro atoms. The minimum absolute atomic E-state index is 0.493. The molecular weight excluding hydrogens is 434 g/mol. The molecule has 0 saturated heterocycles. The van der Waals surface area contributed by atoms with Gasteiger partial charge in [-0.25, -0.2) is 0 Å². The van der Waals surface area contributed by atoms with Gasteiger partial charge in [-0.3, -0.25) is 4.99 Å². The van der Waals surface area contributed by atoms with E-state index in [0.717, 1.165) is 59.0 Å². The molecule has 1 heterocycles. The Morgan fingerprint density at radius 3 is 2.00 bits per heavy atom. The van der Waals surface area contributed by atoms with Crippen molar-refractivity contribution >= 4 is 5.71 Å². The van der Waals surface area contributed by atoms with Crippen LogP contribution in [0.15, 0.2) is 102 Å². The molecule has 0 fully saturated rings. The molecule has 0 aliphatic carbocycles. The average Bonchev–Trinajstić information content (AvgIpc) is 2.92. The molecule has 0 N–H and O–H groups in total. The second-order valence-electron chi connectivity index (χ2n) is 8.61. The number of hydrogen-bond acceptors (Lipinski definition) is 4. The number of nitrogens with zero attached hydrogens (tertiary/aromatic N) is 1. The zero-order valence-corrected chi connectivity index (χ0v) is 19.9. The van der Waals surface area contributed by atoms with Crippen molar-refractivity contribution in [3.8, 4) is 17.2 Å². The lowest BCUT2D eigenvalue weighted by atomic mass is 9.93. The molecule has 0 atom stereocenters. The van der Waals surface area contributed by atoms with Crippen LogP contribution in [-0.4, -0.2) is 19.4 Å². The molecule has 0 unspecified atom stereocenters. The Hall–Kier alpha value is -4.05. The third kappa shape index (κ3) is 5.72. The predicted molar refractivity (Wildman–Crippen MR) is 140 cm³/mol. The van der Waals surface area contributed by atoms with Crippen LogP contribution in [0.5, 0.6) is 17.2 Å². The summed E-state index contributed by atoms with van der Waals surface area (Å²) in [4.78, 5) is 4.87. The van der Waals surface area contributed by atoms with Gasteiger partial charge in [0.15, 0.2) is 11.5 Å². The molecule has 35 heavy (non-hydrogen) atoms. The summed E-state index contributed by atoms with van der Waals surface area (Å²) in [6.07, 6.45) is 1.66. The maximum Gasteiger partial charge on any atom is 0.162 e. The second kappa shape index (κ2) is 10.9. The monoisotopic (exact) mass is 463 g/mol. The summed E-state index contributed by atoms with van der Waals surface area (Å²) < 4.78 is 17.7. The first-order valence-corrected chi connectivity index (χ1v) is 12.0. The van der Waals surface area contributed by atoms with Crippen LogP contribution < -0.4 is 14.2 Å².